The summed E-state index contributed by atoms with van der Waals surface area (Å²) in [5.41, 5.74) is 0.621. The minimum Gasteiger partial charge on any atom is -0.492 e. The van der Waals surface area contributed by atoms with Crippen molar-refractivity contribution in [3.8, 4) is 5.75 Å². The first-order valence-electron chi connectivity index (χ1n) is 8.66. The summed E-state index contributed by atoms with van der Waals surface area (Å²) >= 11 is 6.07. The van der Waals surface area contributed by atoms with Crippen molar-refractivity contribution in [1.29, 1.82) is 0 Å². The summed E-state index contributed by atoms with van der Waals surface area (Å²) < 4.78 is 7.39. The van der Waals surface area contributed by atoms with Gasteiger partial charge >= 0.3 is 0 Å². The second kappa shape index (κ2) is 7.33. The van der Waals surface area contributed by atoms with E-state index in [1.165, 1.54) is 0 Å². The second-order valence-corrected chi connectivity index (χ2v) is 6.84. The van der Waals surface area contributed by atoms with E-state index >= 15 is 0 Å². The fraction of sp³-hybridized carbons (Fsp3) is 0.316. The predicted molar refractivity (Wildman–Crippen MR) is 101 cm³/mol. The standard InChI is InChI=1S/C19H19ClN4O2/c20-15-12-21-7-4-16(15)26-13-14-5-9-23(10-6-14)18-11-19(25)24-8-2-1-3-17(24)22-18/h1-4,7-8,11-12,14H,5-6,9-10,13H2. The van der Waals surface area contributed by atoms with Gasteiger partial charge in [0.05, 0.1) is 6.61 Å². The summed E-state index contributed by atoms with van der Waals surface area (Å²) in [5, 5.41) is 0.533. The van der Waals surface area contributed by atoms with Crippen LogP contribution in [0.4, 0.5) is 5.82 Å². The summed E-state index contributed by atoms with van der Waals surface area (Å²) in [7, 11) is 0. The number of pyridine rings is 2. The Morgan fingerprint density at radius 1 is 1.23 bits per heavy atom. The minimum atomic E-state index is -0.0524. The molecule has 0 unspecified atom stereocenters. The molecule has 0 spiro atoms. The number of rotatable bonds is 4. The van der Waals surface area contributed by atoms with Gasteiger partial charge in [0.1, 0.15) is 22.2 Å². The number of nitrogens with zero attached hydrogens (tertiary/aromatic N) is 4. The number of ether oxygens (including phenoxy) is 1. The lowest BCUT2D eigenvalue weighted by Crippen LogP contribution is -2.36. The number of hydrogen-bond donors (Lipinski definition) is 0. The second-order valence-electron chi connectivity index (χ2n) is 6.43. The maximum atomic E-state index is 12.3. The zero-order valence-corrected chi connectivity index (χ0v) is 15.0. The van der Waals surface area contributed by atoms with Crippen molar-refractivity contribution >= 4 is 23.1 Å². The van der Waals surface area contributed by atoms with Crippen molar-refractivity contribution < 1.29 is 4.74 Å². The fourth-order valence-electron chi connectivity index (χ4n) is 3.22. The quantitative estimate of drug-likeness (QED) is 0.706. The molecule has 7 heteroatoms. The van der Waals surface area contributed by atoms with Crippen LogP contribution in [0.1, 0.15) is 12.8 Å². The Kier molecular flexibility index (Phi) is 4.75. The highest BCUT2D eigenvalue weighted by molar-refractivity contribution is 6.31. The molecule has 0 aromatic carbocycles. The topological polar surface area (TPSA) is 59.7 Å². The number of halogens is 1. The van der Waals surface area contributed by atoms with Crippen molar-refractivity contribution in [3.05, 3.63) is 64.3 Å². The Morgan fingerprint density at radius 2 is 2.08 bits per heavy atom. The molecule has 3 aromatic heterocycles. The number of fused-ring (bicyclic) bond motifs is 1. The Labute approximate surface area is 156 Å². The normalized spacial score (nSPS) is 15.3. The van der Waals surface area contributed by atoms with E-state index in [1.54, 1.807) is 35.1 Å². The van der Waals surface area contributed by atoms with Crippen LogP contribution in [0.2, 0.25) is 5.02 Å². The number of piperidine rings is 1. The van der Waals surface area contributed by atoms with Gasteiger partial charge in [-0.15, -0.1) is 0 Å². The van der Waals surface area contributed by atoms with Crippen LogP contribution in [0, 0.1) is 5.92 Å². The molecule has 1 aliphatic heterocycles. The van der Waals surface area contributed by atoms with Crippen LogP contribution in [0.15, 0.2) is 53.7 Å². The van der Waals surface area contributed by atoms with Crippen LogP contribution in [0.3, 0.4) is 0 Å². The smallest absolute Gasteiger partial charge is 0.259 e. The lowest BCUT2D eigenvalue weighted by Gasteiger charge is -2.32. The molecule has 3 aromatic rings. The third-order valence-corrected chi connectivity index (χ3v) is 4.99. The molecule has 0 bridgehead atoms. The summed E-state index contributed by atoms with van der Waals surface area (Å²) in [6.45, 7) is 2.34. The van der Waals surface area contributed by atoms with Crippen LogP contribution in [-0.2, 0) is 0 Å². The average Bonchev–Trinajstić information content (AvgIpc) is 2.68. The van der Waals surface area contributed by atoms with Gasteiger partial charge in [-0.3, -0.25) is 14.2 Å². The number of aromatic nitrogens is 3. The Hall–Kier alpha value is -2.60. The van der Waals surface area contributed by atoms with Gasteiger partial charge in [-0.1, -0.05) is 17.7 Å². The molecule has 4 heterocycles. The molecule has 0 N–H and O–H groups in total. The lowest BCUT2D eigenvalue weighted by atomic mass is 9.98. The first-order valence-corrected chi connectivity index (χ1v) is 9.04. The van der Waals surface area contributed by atoms with E-state index in [0.717, 1.165) is 31.7 Å². The summed E-state index contributed by atoms with van der Waals surface area (Å²) in [5.74, 6) is 1.88. The zero-order valence-electron chi connectivity index (χ0n) is 14.2. The highest BCUT2D eigenvalue weighted by Crippen LogP contribution is 2.26. The van der Waals surface area contributed by atoms with E-state index in [1.807, 2.05) is 18.2 Å². The molecule has 6 nitrogen and oxygen atoms in total. The molecule has 1 aliphatic rings. The van der Waals surface area contributed by atoms with Crippen molar-refractivity contribution in [2.24, 2.45) is 5.92 Å². The van der Waals surface area contributed by atoms with Crippen molar-refractivity contribution in [3.63, 3.8) is 0 Å². The first-order chi connectivity index (χ1) is 12.7. The van der Waals surface area contributed by atoms with Gasteiger partial charge < -0.3 is 9.64 Å². The Bertz CT molecular complexity index is 967. The van der Waals surface area contributed by atoms with E-state index in [9.17, 15) is 4.79 Å². The highest BCUT2D eigenvalue weighted by atomic mass is 35.5. The minimum absolute atomic E-state index is 0.0524. The molecule has 0 atom stereocenters. The van der Waals surface area contributed by atoms with Gasteiger partial charge in [-0.05, 0) is 30.9 Å². The van der Waals surface area contributed by atoms with Gasteiger partial charge in [0, 0.05) is 43.8 Å². The molecule has 0 saturated carbocycles. The van der Waals surface area contributed by atoms with Crippen molar-refractivity contribution in [2.75, 3.05) is 24.6 Å². The number of hydrogen-bond acceptors (Lipinski definition) is 5. The lowest BCUT2D eigenvalue weighted by molar-refractivity contribution is 0.222. The van der Waals surface area contributed by atoms with E-state index < -0.39 is 0 Å². The molecule has 0 radical (unpaired) electrons. The first kappa shape index (κ1) is 16.8. The van der Waals surface area contributed by atoms with Crippen LogP contribution < -0.4 is 15.2 Å². The Balaban J connectivity index is 1.39. The maximum absolute atomic E-state index is 12.3. The van der Waals surface area contributed by atoms with E-state index in [-0.39, 0.29) is 5.56 Å². The predicted octanol–water partition coefficient (Wildman–Crippen LogP) is 3.04. The van der Waals surface area contributed by atoms with E-state index in [0.29, 0.717) is 28.9 Å². The van der Waals surface area contributed by atoms with Crippen LogP contribution >= 0.6 is 11.6 Å². The highest BCUT2D eigenvalue weighted by Gasteiger charge is 2.21. The van der Waals surface area contributed by atoms with E-state index in [4.69, 9.17) is 16.3 Å². The number of anilines is 1. The molecule has 0 amide bonds. The van der Waals surface area contributed by atoms with Crippen LogP contribution in [-0.4, -0.2) is 34.1 Å². The molecular weight excluding hydrogens is 352 g/mol. The van der Waals surface area contributed by atoms with Crippen molar-refractivity contribution in [1.82, 2.24) is 14.4 Å². The molecule has 26 heavy (non-hydrogen) atoms. The van der Waals surface area contributed by atoms with Crippen LogP contribution in [0.5, 0.6) is 5.75 Å². The largest absolute Gasteiger partial charge is 0.492 e. The third kappa shape index (κ3) is 3.51. The SMILES string of the molecule is O=c1cc(N2CCC(COc3ccncc3Cl)CC2)nc2ccccn12. The average molecular weight is 371 g/mol. The molecule has 1 fully saturated rings. The van der Waals surface area contributed by atoms with Gasteiger partial charge in [-0.2, -0.15) is 0 Å². The molecular formula is C19H19ClN4O2. The van der Waals surface area contributed by atoms with E-state index in [2.05, 4.69) is 14.9 Å². The third-order valence-electron chi connectivity index (χ3n) is 4.71. The monoisotopic (exact) mass is 370 g/mol. The zero-order chi connectivity index (χ0) is 17.9. The van der Waals surface area contributed by atoms with Gasteiger partial charge in [-0.25, -0.2) is 4.98 Å². The summed E-state index contributed by atoms with van der Waals surface area (Å²) in [6.07, 6.45) is 6.97. The van der Waals surface area contributed by atoms with Gasteiger partial charge in [0.15, 0.2) is 0 Å². The Morgan fingerprint density at radius 3 is 2.88 bits per heavy atom. The van der Waals surface area contributed by atoms with Crippen LogP contribution in [0.25, 0.3) is 5.65 Å². The van der Waals surface area contributed by atoms with Crippen molar-refractivity contribution in [2.45, 2.75) is 12.8 Å². The molecule has 134 valence electrons. The maximum Gasteiger partial charge on any atom is 0.259 e. The summed E-state index contributed by atoms with van der Waals surface area (Å²) in [4.78, 5) is 23.0. The van der Waals surface area contributed by atoms with Gasteiger partial charge in [0.2, 0.25) is 0 Å². The van der Waals surface area contributed by atoms with Gasteiger partial charge in [0.25, 0.3) is 5.56 Å². The molecule has 1 saturated heterocycles. The molecule has 4 rings (SSSR count). The summed E-state index contributed by atoms with van der Waals surface area (Å²) in [6, 6.07) is 8.96. The molecule has 0 aliphatic carbocycles. The fourth-order valence-corrected chi connectivity index (χ4v) is 3.39.